The van der Waals surface area contributed by atoms with Gasteiger partial charge in [-0.1, -0.05) is 6.92 Å². The first-order valence-electron chi connectivity index (χ1n) is 6.55. The third-order valence-electron chi connectivity index (χ3n) is 3.39. The van der Waals surface area contributed by atoms with Crippen molar-refractivity contribution < 1.29 is 9.47 Å². The zero-order chi connectivity index (χ0) is 12.8. The maximum Gasteiger partial charge on any atom is 0.119 e. The van der Waals surface area contributed by atoms with Crippen molar-refractivity contribution in [1.82, 2.24) is 10.2 Å². The Hall–Kier alpha value is -1.26. The van der Waals surface area contributed by atoms with Gasteiger partial charge in [0.25, 0.3) is 0 Å². The number of nitrogens with one attached hydrogen (secondary N) is 1. The van der Waals surface area contributed by atoms with Gasteiger partial charge < -0.3 is 14.8 Å². The lowest BCUT2D eigenvalue weighted by atomic mass is 10.1. The highest BCUT2D eigenvalue weighted by Crippen LogP contribution is 2.17. The molecule has 4 nitrogen and oxygen atoms in total. The van der Waals surface area contributed by atoms with Gasteiger partial charge in [0, 0.05) is 25.7 Å². The van der Waals surface area contributed by atoms with E-state index in [1.54, 1.807) is 7.11 Å². The van der Waals surface area contributed by atoms with E-state index in [9.17, 15) is 0 Å². The van der Waals surface area contributed by atoms with Crippen LogP contribution in [0.25, 0.3) is 0 Å². The lowest BCUT2D eigenvalue weighted by Gasteiger charge is -2.37. The van der Waals surface area contributed by atoms with Crippen molar-refractivity contribution in [2.75, 3.05) is 39.9 Å². The minimum Gasteiger partial charge on any atom is -0.497 e. The number of rotatable bonds is 7. The van der Waals surface area contributed by atoms with Crippen LogP contribution >= 0.6 is 0 Å². The molecule has 1 aromatic rings. The standard InChI is InChI=1S/C14H22N2O2/c1-3-16(12-10-15-11-12)8-9-18-14-6-4-13(17-2)5-7-14/h4-7,12,15H,3,8-11H2,1-2H3. The lowest BCUT2D eigenvalue weighted by Crippen LogP contribution is -2.57. The molecule has 0 radical (unpaired) electrons. The van der Waals surface area contributed by atoms with Crippen molar-refractivity contribution in [3.63, 3.8) is 0 Å². The second kappa shape index (κ2) is 6.61. The molecule has 18 heavy (non-hydrogen) atoms. The average Bonchev–Trinajstić information content (AvgIpc) is 2.36. The molecule has 0 spiro atoms. The highest BCUT2D eigenvalue weighted by Gasteiger charge is 2.22. The van der Waals surface area contributed by atoms with Gasteiger partial charge in [0.1, 0.15) is 18.1 Å². The molecule has 0 saturated carbocycles. The van der Waals surface area contributed by atoms with Crippen LogP contribution in [0.3, 0.4) is 0 Å². The fourth-order valence-electron chi connectivity index (χ4n) is 2.08. The van der Waals surface area contributed by atoms with Gasteiger partial charge in [0.05, 0.1) is 7.11 Å². The van der Waals surface area contributed by atoms with Gasteiger partial charge in [-0.15, -0.1) is 0 Å². The Morgan fingerprint density at radius 1 is 1.22 bits per heavy atom. The summed E-state index contributed by atoms with van der Waals surface area (Å²) in [4.78, 5) is 2.46. The molecule has 0 amide bonds. The summed E-state index contributed by atoms with van der Waals surface area (Å²) in [6.45, 7) is 7.21. The summed E-state index contributed by atoms with van der Waals surface area (Å²) in [6.07, 6.45) is 0. The number of methoxy groups -OCH3 is 1. The molecule has 0 atom stereocenters. The van der Waals surface area contributed by atoms with Crippen molar-refractivity contribution in [2.45, 2.75) is 13.0 Å². The number of hydrogen-bond donors (Lipinski definition) is 1. The zero-order valence-corrected chi connectivity index (χ0v) is 11.2. The summed E-state index contributed by atoms with van der Waals surface area (Å²) in [5, 5.41) is 3.30. The number of ether oxygens (including phenoxy) is 2. The Morgan fingerprint density at radius 2 is 1.89 bits per heavy atom. The monoisotopic (exact) mass is 250 g/mol. The molecule has 1 aromatic carbocycles. The van der Waals surface area contributed by atoms with E-state index in [-0.39, 0.29) is 0 Å². The van der Waals surface area contributed by atoms with Crippen LogP contribution in [0.2, 0.25) is 0 Å². The Kier molecular flexibility index (Phi) is 4.84. The van der Waals surface area contributed by atoms with Crippen LogP contribution in [0, 0.1) is 0 Å². The van der Waals surface area contributed by atoms with Crippen LogP contribution in [0.1, 0.15) is 6.92 Å². The van der Waals surface area contributed by atoms with Crippen LogP contribution in [-0.4, -0.2) is 50.8 Å². The minimum absolute atomic E-state index is 0.689. The quantitative estimate of drug-likeness (QED) is 0.792. The van der Waals surface area contributed by atoms with Crippen molar-refractivity contribution in [3.05, 3.63) is 24.3 Å². The molecule has 0 unspecified atom stereocenters. The van der Waals surface area contributed by atoms with Crippen LogP contribution in [-0.2, 0) is 0 Å². The van der Waals surface area contributed by atoms with Gasteiger partial charge in [0.2, 0.25) is 0 Å². The Morgan fingerprint density at radius 3 is 2.39 bits per heavy atom. The van der Waals surface area contributed by atoms with Crippen LogP contribution < -0.4 is 14.8 Å². The fourth-order valence-corrected chi connectivity index (χ4v) is 2.08. The van der Waals surface area contributed by atoms with Gasteiger partial charge in [0.15, 0.2) is 0 Å². The second-order valence-corrected chi connectivity index (χ2v) is 4.46. The molecular formula is C14H22N2O2. The Labute approximate surface area is 109 Å². The van der Waals surface area contributed by atoms with E-state index in [1.165, 1.54) is 0 Å². The summed E-state index contributed by atoms with van der Waals surface area (Å²) in [7, 11) is 1.67. The van der Waals surface area contributed by atoms with Gasteiger partial charge in [-0.25, -0.2) is 0 Å². The highest BCUT2D eigenvalue weighted by molar-refractivity contribution is 5.31. The van der Waals surface area contributed by atoms with E-state index >= 15 is 0 Å². The largest absolute Gasteiger partial charge is 0.497 e. The normalized spacial score (nSPS) is 15.5. The SMILES string of the molecule is CCN(CCOc1ccc(OC)cc1)C1CNC1. The molecule has 1 aliphatic heterocycles. The van der Waals surface area contributed by atoms with E-state index in [4.69, 9.17) is 9.47 Å². The molecule has 100 valence electrons. The molecular weight excluding hydrogens is 228 g/mol. The van der Waals surface area contributed by atoms with Gasteiger partial charge in [-0.3, -0.25) is 4.90 Å². The Bertz CT molecular complexity index is 349. The topological polar surface area (TPSA) is 33.7 Å². The van der Waals surface area contributed by atoms with E-state index in [0.717, 1.165) is 44.3 Å². The second-order valence-electron chi connectivity index (χ2n) is 4.46. The lowest BCUT2D eigenvalue weighted by molar-refractivity contribution is 0.128. The molecule has 0 aliphatic carbocycles. The third kappa shape index (κ3) is 3.37. The molecule has 0 aromatic heterocycles. The summed E-state index contributed by atoms with van der Waals surface area (Å²) in [5.41, 5.74) is 0. The smallest absolute Gasteiger partial charge is 0.119 e. The first kappa shape index (κ1) is 13.2. The minimum atomic E-state index is 0.689. The number of likely N-dealkylation sites (N-methyl/N-ethyl adjacent to an activating group) is 1. The number of hydrogen-bond acceptors (Lipinski definition) is 4. The predicted molar refractivity (Wildman–Crippen MR) is 72.4 cm³/mol. The highest BCUT2D eigenvalue weighted by atomic mass is 16.5. The van der Waals surface area contributed by atoms with Crippen LogP contribution in [0.15, 0.2) is 24.3 Å². The molecule has 2 rings (SSSR count). The van der Waals surface area contributed by atoms with Crippen molar-refractivity contribution in [1.29, 1.82) is 0 Å². The molecule has 4 heteroatoms. The molecule has 1 aliphatic rings. The molecule has 0 bridgehead atoms. The third-order valence-corrected chi connectivity index (χ3v) is 3.39. The summed E-state index contributed by atoms with van der Waals surface area (Å²) >= 11 is 0. The fraction of sp³-hybridized carbons (Fsp3) is 0.571. The van der Waals surface area contributed by atoms with Gasteiger partial charge in [-0.2, -0.15) is 0 Å². The first-order valence-corrected chi connectivity index (χ1v) is 6.55. The van der Waals surface area contributed by atoms with Crippen LogP contribution in [0.5, 0.6) is 11.5 Å². The summed E-state index contributed by atoms with van der Waals surface area (Å²) in [6, 6.07) is 8.42. The molecule has 1 fully saturated rings. The first-order chi connectivity index (χ1) is 8.83. The zero-order valence-electron chi connectivity index (χ0n) is 11.2. The summed E-state index contributed by atoms with van der Waals surface area (Å²) in [5.74, 6) is 1.76. The molecule has 1 saturated heterocycles. The van der Waals surface area contributed by atoms with E-state index in [0.29, 0.717) is 6.04 Å². The molecule has 1 heterocycles. The van der Waals surface area contributed by atoms with E-state index in [2.05, 4.69) is 17.1 Å². The average molecular weight is 250 g/mol. The number of nitrogens with zero attached hydrogens (tertiary/aromatic N) is 1. The van der Waals surface area contributed by atoms with E-state index in [1.807, 2.05) is 24.3 Å². The maximum absolute atomic E-state index is 5.74. The molecule has 1 N–H and O–H groups in total. The Balaban J connectivity index is 1.72. The van der Waals surface area contributed by atoms with Crippen molar-refractivity contribution in [2.24, 2.45) is 0 Å². The van der Waals surface area contributed by atoms with Gasteiger partial charge in [-0.05, 0) is 30.8 Å². The maximum atomic E-state index is 5.74. The van der Waals surface area contributed by atoms with Crippen LogP contribution in [0.4, 0.5) is 0 Å². The van der Waals surface area contributed by atoms with E-state index < -0.39 is 0 Å². The van der Waals surface area contributed by atoms with Crippen molar-refractivity contribution >= 4 is 0 Å². The predicted octanol–water partition coefficient (Wildman–Crippen LogP) is 1.37. The van der Waals surface area contributed by atoms with Gasteiger partial charge >= 0.3 is 0 Å². The summed E-state index contributed by atoms with van der Waals surface area (Å²) < 4.78 is 10.9. The van der Waals surface area contributed by atoms with Crippen molar-refractivity contribution in [3.8, 4) is 11.5 Å². The number of benzene rings is 1.